The maximum atomic E-state index is 5.82. The Hall–Kier alpha value is -0.760. The Morgan fingerprint density at radius 3 is 3.00 bits per heavy atom. The van der Waals surface area contributed by atoms with Gasteiger partial charge >= 0.3 is 0 Å². The number of aryl methyl sites for hydroxylation is 2. The molecule has 0 fully saturated rings. The fraction of sp³-hybridized carbons (Fsp3) is 0.667. The van der Waals surface area contributed by atoms with Crippen LogP contribution in [-0.4, -0.2) is 6.54 Å². The topological polar surface area (TPSA) is 39.2 Å². The molecule has 2 unspecified atom stereocenters. The number of hydrogen-bond acceptors (Lipinski definition) is 2. The summed E-state index contributed by atoms with van der Waals surface area (Å²) in [5.41, 5.74) is 7.20. The van der Waals surface area contributed by atoms with Crippen molar-refractivity contribution in [2.45, 2.75) is 39.0 Å². The minimum absolute atomic E-state index is 0.516. The summed E-state index contributed by atoms with van der Waals surface area (Å²) in [6, 6.07) is 2.21. The quantitative estimate of drug-likeness (QED) is 0.783. The summed E-state index contributed by atoms with van der Waals surface area (Å²) < 4.78 is 5.78. The monoisotopic (exact) mass is 193 g/mol. The summed E-state index contributed by atoms with van der Waals surface area (Å²) >= 11 is 0. The first-order valence-corrected chi connectivity index (χ1v) is 5.57. The van der Waals surface area contributed by atoms with E-state index in [0.717, 1.165) is 25.1 Å². The van der Waals surface area contributed by atoms with Crippen LogP contribution in [0.25, 0.3) is 0 Å². The van der Waals surface area contributed by atoms with Gasteiger partial charge in [-0.25, -0.2) is 0 Å². The zero-order valence-electron chi connectivity index (χ0n) is 9.05. The van der Waals surface area contributed by atoms with E-state index in [1.54, 1.807) is 0 Å². The predicted octanol–water partition coefficient (Wildman–Crippen LogP) is 2.47. The molecule has 1 heterocycles. The summed E-state index contributed by atoms with van der Waals surface area (Å²) in [5.74, 6) is 3.52. The number of nitrogens with two attached hydrogens (primary N) is 1. The first kappa shape index (κ1) is 9.78. The molecule has 0 spiro atoms. The van der Waals surface area contributed by atoms with E-state index in [0.29, 0.717) is 11.8 Å². The van der Waals surface area contributed by atoms with Crippen LogP contribution in [0.4, 0.5) is 0 Å². The van der Waals surface area contributed by atoms with Crippen LogP contribution < -0.4 is 5.73 Å². The van der Waals surface area contributed by atoms with Crippen LogP contribution in [0.1, 0.15) is 43.3 Å². The van der Waals surface area contributed by atoms with Crippen LogP contribution in [0.15, 0.2) is 10.5 Å². The lowest BCUT2D eigenvalue weighted by Gasteiger charge is -2.26. The number of rotatable bonds is 2. The van der Waals surface area contributed by atoms with Crippen LogP contribution in [-0.2, 0) is 12.8 Å². The first-order valence-electron chi connectivity index (χ1n) is 5.57. The molecule has 0 amide bonds. The molecule has 2 N–H and O–H groups in total. The molecule has 0 bridgehead atoms. The van der Waals surface area contributed by atoms with E-state index in [2.05, 4.69) is 19.9 Å². The summed E-state index contributed by atoms with van der Waals surface area (Å²) in [6.45, 7) is 5.17. The molecule has 0 aliphatic heterocycles. The summed E-state index contributed by atoms with van der Waals surface area (Å²) in [6.07, 6.45) is 3.29. The zero-order valence-corrected chi connectivity index (χ0v) is 9.05. The molecule has 1 aromatic heterocycles. The van der Waals surface area contributed by atoms with Gasteiger partial charge in [-0.05, 0) is 30.5 Å². The largest absolute Gasteiger partial charge is 0.466 e. The van der Waals surface area contributed by atoms with Gasteiger partial charge in [-0.15, -0.1) is 0 Å². The average molecular weight is 193 g/mol. The van der Waals surface area contributed by atoms with Crippen LogP contribution >= 0.6 is 0 Å². The molecule has 1 aliphatic carbocycles. The van der Waals surface area contributed by atoms with Gasteiger partial charge in [0.1, 0.15) is 11.5 Å². The normalized spacial score (nSPS) is 26.2. The molecule has 0 aromatic carbocycles. The highest BCUT2D eigenvalue weighted by atomic mass is 16.3. The minimum Gasteiger partial charge on any atom is -0.466 e. The van der Waals surface area contributed by atoms with Crippen molar-refractivity contribution in [3.63, 3.8) is 0 Å². The minimum atomic E-state index is 0.516. The van der Waals surface area contributed by atoms with Crippen molar-refractivity contribution in [3.8, 4) is 0 Å². The Morgan fingerprint density at radius 2 is 2.36 bits per heavy atom. The maximum absolute atomic E-state index is 5.82. The second kappa shape index (κ2) is 3.77. The SMILES string of the molecule is CCc1cc2c(o1)CCC(C)C2CN. The highest BCUT2D eigenvalue weighted by Gasteiger charge is 2.28. The standard InChI is InChI=1S/C12H19NO/c1-3-9-6-10-11(7-13)8(2)4-5-12(10)14-9/h6,8,11H,3-5,7,13H2,1-2H3. The number of fused-ring (bicyclic) bond motifs is 1. The molecule has 2 heteroatoms. The number of hydrogen-bond donors (Lipinski definition) is 1. The molecule has 1 aliphatic rings. The van der Waals surface area contributed by atoms with Crippen molar-refractivity contribution in [1.29, 1.82) is 0 Å². The summed E-state index contributed by atoms with van der Waals surface area (Å²) in [4.78, 5) is 0. The second-order valence-electron chi connectivity index (χ2n) is 4.30. The van der Waals surface area contributed by atoms with Gasteiger partial charge in [0.05, 0.1) is 0 Å². The lowest BCUT2D eigenvalue weighted by molar-refractivity contribution is 0.363. The summed E-state index contributed by atoms with van der Waals surface area (Å²) in [5, 5.41) is 0. The lowest BCUT2D eigenvalue weighted by atomic mass is 9.79. The van der Waals surface area contributed by atoms with Crippen molar-refractivity contribution in [2.24, 2.45) is 11.7 Å². The number of furan rings is 1. The molecule has 2 rings (SSSR count). The Bertz CT molecular complexity index is 316. The van der Waals surface area contributed by atoms with E-state index >= 15 is 0 Å². The third kappa shape index (κ3) is 1.48. The lowest BCUT2D eigenvalue weighted by Crippen LogP contribution is -2.24. The van der Waals surface area contributed by atoms with E-state index in [9.17, 15) is 0 Å². The van der Waals surface area contributed by atoms with E-state index in [1.807, 2.05) is 0 Å². The molecular formula is C12H19NO. The predicted molar refractivity (Wildman–Crippen MR) is 57.4 cm³/mol. The molecule has 1 aromatic rings. The third-order valence-electron chi connectivity index (χ3n) is 3.41. The van der Waals surface area contributed by atoms with Gasteiger partial charge in [0.15, 0.2) is 0 Å². The van der Waals surface area contributed by atoms with E-state index in [-0.39, 0.29) is 0 Å². The molecule has 2 nitrogen and oxygen atoms in total. The molecule has 0 saturated carbocycles. The van der Waals surface area contributed by atoms with Crippen LogP contribution in [0.3, 0.4) is 0 Å². The van der Waals surface area contributed by atoms with Gasteiger partial charge in [0.25, 0.3) is 0 Å². The fourth-order valence-electron chi connectivity index (χ4n) is 2.41. The van der Waals surface area contributed by atoms with Crippen molar-refractivity contribution in [1.82, 2.24) is 0 Å². The van der Waals surface area contributed by atoms with Crippen LogP contribution in [0.5, 0.6) is 0 Å². The van der Waals surface area contributed by atoms with E-state index in [4.69, 9.17) is 10.2 Å². The first-order chi connectivity index (χ1) is 6.76. The van der Waals surface area contributed by atoms with Crippen molar-refractivity contribution in [2.75, 3.05) is 6.54 Å². The molecule has 14 heavy (non-hydrogen) atoms. The smallest absolute Gasteiger partial charge is 0.107 e. The van der Waals surface area contributed by atoms with Crippen LogP contribution in [0, 0.1) is 5.92 Å². The van der Waals surface area contributed by atoms with Crippen LogP contribution in [0.2, 0.25) is 0 Å². The zero-order chi connectivity index (χ0) is 10.1. The van der Waals surface area contributed by atoms with Gasteiger partial charge in [-0.2, -0.15) is 0 Å². The van der Waals surface area contributed by atoms with E-state index in [1.165, 1.54) is 17.7 Å². The highest BCUT2D eigenvalue weighted by molar-refractivity contribution is 5.29. The Kier molecular flexibility index (Phi) is 2.64. The van der Waals surface area contributed by atoms with Crippen molar-refractivity contribution >= 4 is 0 Å². The average Bonchev–Trinajstić information content (AvgIpc) is 2.60. The Morgan fingerprint density at radius 1 is 1.57 bits per heavy atom. The second-order valence-corrected chi connectivity index (χ2v) is 4.30. The molecule has 2 atom stereocenters. The van der Waals surface area contributed by atoms with Crippen molar-refractivity contribution in [3.05, 3.63) is 23.2 Å². The molecular weight excluding hydrogens is 174 g/mol. The van der Waals surface area contributed by atoms with Gasteiger partial charge in [-0.3, -0.25) is 0 Å². The summed E-state index contributed by atoms with van der Waals surface area (Å²) in [7, 11) is 0. The van der Waals surface area contributed by atoms with Gasteiger partial charge in [-0.1, -0.05) is 13.8 Å². The molecule has 0 saturated heterocycles. The fourth-order valence-corrected chi connectivity index (χ4v) is 2.41. The highest BCUT2D eigenvalue weighted by Crippen LogP contribution is 2.37. The third-order valence-corrected chi connectivity index (χ3v) is 3.41. The Balaban J connectivity index is 2.35. The van der Waals surface area contributed by atoms with Gasteiger partial charge in [0, 0.05) is 18.8 Å². The van der Waals surface area contributed by atoms with E-state index < -0.39 is 0 Å². The van der Waals surface area contributed by atoms with Gasteiger partial charge < -0.3 is 10.2 Å². The molecule has 0 radical (unpaired) electrons. The Labute approximate surface area is 85.5 Å². The maximum Gasteiger partial charge on any atom is 0.107 e. The van der Waals surface area contributed by atoms with Crippen molar-refractivity contribution < 1.29 is 4.42 Å². The molecule has 78 valence electrons. The van der Waals surface area contributed by atoms with Gasteiger partial charge in [0.2, 0.25) is 0 Å².